The molecule has 4 rings (SSSR count). The minimum absolute atomic E-state index is 0.209. The van der Waals surface area contributed by atoms with E-state index in [4.69, 9.17) is 0 Å². The average Bonchev–Trinajstić information content (AvgIpc) is 3.01. The average molecular weight is 256 g/mol. The minimum atomic E-state index is -0.209. The summed E-state index contributed by atoms with van der Waals surface area (Å²) in [5.74, 6) is -0.209. The molecule has 1 aliphatic carbocycles. The minimum Gasteiger partial charge on any atom is -0.277 e. The summed E-state index contributed by atoms with van der Waals surface area (Å²) in [5.41, 5.74) is 4.69. The van der Waals surface area contributed by atoms with E-state index in [-0.39, 0.29) is 5.82 Å². The van der Waals surface area contributed by atoms with Crippen molar-refractivity contribution >= 4 is 11.3 Å². The van der Waals surface area contributed by atoms with Crippen molar-refractivity contribution in [1.29, 1.82) is 0 Å². The predicted octanol–water partition coefficient (Wildman–Crippen LogP) is 3.85. The van der Waals surface area contributed by atoms with Crippen LogP contribution in [0, 0.1) is 5.82 Å². The van der Waals surface area contributed by atoms with E-state index in [0.717, 1.165) is 23.4 Å². The smallest absolute Gasteiger partial charge is 0.132 e. The van der Waals surface area contributed by atoms with Gasteiger partial charge in [0, 0.05) is 28.0 Å². The van der Waals surface area contributed by atoms with Gasteiger partial charge in [-0.15, -0.1) is 11.3 Å². The number of nitrogens with zero attached hydrogens (tertiary/aromatic N) is 1. The standard InChI is InChI=1S/C14H9FN2S/c15-11-4-2-1-3-8(11)13-10-7-12-9(5-6-18-12)14(10)17-16-13/h1-6H,7H2,(H,16,17). The molecule has 0 radical (unpaired) electrons. The van der Waals surface area contributed by atoms with E-state index in [2.05, 4.69) is 21.6 Å². The number of aromatic nitrogens is 2. The first kappa shape index (κ1) is 10.0. The second-order valence-corrected chi connectivity index (χ2v) is 5.34. The maximum atomic E-state index is 13.8. The summed E-state index contributed by atoms with van der Waals surface area (Å²) in [4.78, 5) is 1.32. The number of rotatable bonds is 1. The fraction of sp³-hybridized carbons (Fsp3) is 0.0714. The van der Waals surface area contributed by atoms with Crippen molar-refractivity contribution in [3.63, 3.8) is 0 Å². The molecule has 0 atom stereocenters. The van der Waals surface area contributed by atoms with Gasteiger partial charge >= 0.3 is 0 Å². The Balaban J connectivity index is 1.93. The van der Waals surface area contributed by atoms with E-state index in [1.165, 1.54) is 16.5 Å². The monoisotopic (exact) mass is 256 g/mol. The Kier molecular flexibility index (Phi) is 1.96. The Morgan fingerprint density at radius 2 is 2.06 bits per heavy atom. The summed E-state index contributed by atoms with van der Waals surface area (Å²) < 4.78 is 13.8. The van der Waals surface area contributed by atoms with Gasteiger partial charge in [-0.05, 0) is 23.6 Å². The van der Waals surface area contributed by atoms with Gasteiger partial charge in [-0.1, -0.05) is 12.1 Å². The summed E-state index contributed by atoms with van der Waals surface area (Å²) in [5, 5.41) is 9.40. The molecule has 2 heterocycles. The third-order valence-corrected chi connectivity index (χ3v) is 4.27. The molecule has 0 saturated carbocycles. The van der Waals surface area contributed by atoms with E-state index < -0.39 is 0 Å². The number of fused-ring (bicyclic) bond motifs is 3. The van der Waals surface area contributed by atoms with Gasteiger partial charge in [-0.2, -0.15) is 5.10 Å². The molecule has 88 valence electrons. The van der Waals surface area contributed by atoms with E-state index >= 15 is 0 Å². The van der Waals surface area contributed by atoms with Crippen molar-refractivity contribution in [3.05, 3.63) is 52.0 Å². The molecule has 2 aromatic heterocycles. The van der Waals surface area contributed by atoms with Gasteiger partial charge in [-0.25, -0.2) is 4.39 Å². The quantitative estimate of drug-likeness (QED) is 0.550. The van der Waals surface area contributed by atoms with Gasteiger partial charge in [-0.3, -0.25) is 5.10 Å². The van der Waals surface area contributed by atoms with Crippen LogP contribution in [0.25, 0.3) is 22.5 Å². The first-order valence-electron chi connectivity index (χ1n) is 5.73. The Bertz CT molecular complexity index is 742. The number of nitrogens with one attached hydrogen (secondary N) is 1. The molecule has 0 aliphatic heterocycles. The normalized spacial score (nSPS) is 12.5. The number of benzene rings is 1. The van der Waals surface area contributed by atoms with E-state index in [0.29, 0.717) is 5.56 Å². The van der Waals surface area contributed by atoms with Gasteiger partial charge in [0.2, 0.25) is 0 Å². The zero-order valence-corrected chi connectivity index (χ0v) is 10.2. The number of halogens is 1. The van der Waals surface area contributed by atoms with Crippen LogP contribution in [0.3, 0.4) is 0 Å². The van der Waals surface area contributed by atoms with E-state index in [9.17, 15) is 4.39 Å². The maximum Gasteiger partial charge on any atom is 0.132 e. The van der Waals surface area contributed by atoms with Crippen molar-refractivity contribution in [2.75, 3.05) is 0 Å². The molecule has 0 bridgehead atoms. The number of thiophene rings is 1. The lowest BCUT2D eigenvalue weighted by Crippen LogP contribution is -1.88. The van der Waals surface area contributed by atoms with Crippen molar-refractivity contribution in [2.45, 2.75) is 6.42 Å². The molecule has 4 heteroatoms. The van der Waals surface area contributed by atoms with Crippen LogP contribution in [-0.2, 0) is 6.42 Å². The Hall–Kier alpha value is -1.94. The van der Waals surface area contributed by atoms with Crippen molar-refractivity contribution < 1.29 is 4.39 Å². The highest BCUT2D eigenvalue weighted by Gasteiger charge is 2.26. The van der Waals surface area contributed by atoms with Crippen LogP contribution >= 0.6 is 11.3 Å². The fourth-order valence-electron chi connectivity index (χ4n) is 2.50. The summed E-state index contributed by atoms with van der Waals surface area (Å²) in [6.45, 7) is 0. The van der Waals surface area contributed by atoms with E-state index in [1.807, 2.05) is 6.07 Å². The van der Waals surface area contributed by atoms with Crippen LogP contribution in [0.4, 0.5) is 4.39 Å². The van der Waals surface area contributed by atoms with Crippen LogP contribution in [0.5, 0.6) is 0 Å². The Morgan fingerprint density at radius 1 is 1.17 bits per heavy atom. The molecule has 18 heavy (non-hydrogen) atoms. The molecular formula is C14H9FN2S. The SMILES string of the molecule is Fc1ccccc1-c1[nH]nc2c1Cc1sccc1-2. The van der Waals surface area contributed by atoms with Gasteiger partial charge in [0.15, 0.2) is 0 Å². The zero-order valence-electron chi connectivity index (χ0n) is 9.40. The second-order valence-electron chi connectivity index (χ2n) is 4.34. The van der Waals surface area contributed by atoms with Gasteiger partial charge in [0.1, 0.15) is 5.82 Å². The largest absolute Gasteiger partial charge is 0.277 e. The topological polar surface area (TPSA) is 28.7 Å². The summed E-state index contributed by atoms with van der Waals surface area (Å²) in [6.07, 6.45) is 0.850. The predicted molar refractivity (Wildman–Crippen MR) is 70.1 cm³/mol. The van der Waals surface area contributed by atoms with Crippen molar-refractivity contribution in [3.8, 4) is 22.5 Å². The zero-order chi connectivity index (χ0) is 12.1. The number of aromatic amines is 1. The second kappa shape index (κ2) is 3.53. The molecule has 0 fully saturated rings. The summed E-state index contributed by atoms with van der Waals surface area (Å²) in [7, 11) is 0. The lowest BCUT2D eigenvalue weighted by atomic mass is 10.1. The molecule has 2 nitrogen and oxygen atoms in total. The van der Waals surface area contributed by atoms with Crippen molar-refractivity contribution in [2.24, 2.45) is 0 Å². The van der Waals surface area contributed by atoms with Gasteiger partial charge in [0.25, 0.3) is 0 Å². The highest BCUT2D eigenvalue weighted by atomic mass is 32.1. The van der Waals surface area contributed by atoms with Gasteiger partial charge in [0.05, 0.1) is 11.4 Å². The first-order valence-corrected chi connectivity index (χ1v) is 6.61. The number of H-pyrrole nitrogens is 1. The highest BCUT2D eigenvalue weighted by molar-refractivity contribution is 7.10. The number of hydrogen-bond acceptors (Lipinski definition) is 2. The lowest BCUT2D eigenvalue weighted by Gasteiger charge is -2.02. The number of hydrogen-bond donors (Lipinski definition) is 1. The maximum absolute atomic E-state index is 13.8. The summed E-state index contributed by atoms with van der Waals surface area (Å²) in [6, 6.07) is 8.89. The fourth-order valence-corrected chi connectivity index (χ4v) is 3.38. The molecule has 1 aliphatic rings. The molecule has 1 N–H and O–H groups in total. The molecule has 0 saturated heterocycles. The molecule has 0 unspecified atom stereocenters. The lowest BCUT2D eigenvalue weighted by molar-refractivity contribution is 0.630. The Labute approximate surface area is 107 Å². The van der Waals surface area contributed by atoms with Crippen LogP contribution in [-0.4, -0.2) is 10.2 Å². The third-order valence-electron chi connectivity index (χ3n) is 3.35. The highest BCUT2D eigenvalue weighted by Crippen LogP contribution is 2.42. The van der Waals surface area contributed by atoms with Gasteiger partial charge < -0.3 is 0 Å². The van der Waals surface area contributed by atoms with E-state index in [1.54, 1.807) is 23.5 Å². The van der Waals surface area contributed by atoms with Crippen LogP contribution in [0.2, 0.25) is 0 Å². The molecule has 1 aromatic carbocycles. The molecule has 0 amide bonds. The van der Waals surface area contributed by atoms with Crippen molar-refractivity contribution in [1.82, 2.24) is 10.2 Å². The molecule has 0 spiro atoms. The third kappa shape index (κ3) is 1.24. The molecular weight excluding hydrogens is 247 g/mol. The molecule has 3 aromatic rings. The van der Waals surface area contributed by atoms with Crippen LogP contribution in [0.15, 0.2) is 35.7 Å². The first-order chi connectivity index (χ1) is 8.84. The Morgan fingerprint density at radius 3 is 2.94 bits per heavy atom. The van der Waals surface area contributed by atoms with Crippen LogP contribution in [0.1, 0.15) is 10.4 Å². The van der Waals surface area contributed by atoms with Crippen LogP contribution < -0.4 is 0 Å². The summed E-state index contributed by atoms with van der Waals surface area (Å²) >= 11 is 1.73.